The molecule has 1 aromatic rings. The van der Waals surface area contributed by atoms with Crippen LogP contribution >= 0.6 is 11.6 Å². The summed E-state index contributed by atoms with van der Waals surface area (Å²) in [5.74, 6) is 0. The zero-order valence-electron chi connectivity index (χ0n) is 10.6. The van der Waals surface area contributed by atoms with Gasteiger partial charge in [-0.2, -0.15) is 5.26 Å². The second kappa shape index (κ2) is 4.34. The van der Waals surface area contributed by atoms with Crippen molar-refractivity contribution in [3.63, 3.8) is 0 Å². The molecule has 0 bridgehead atoms. The van der Waals surface area contributed by atoms with E-state index in [4.69, 9.17) is 16.0 Å². The minimum Gasteiger partial charge on any atom is -0.394 e. The Morgan fingerprint density at radius 3 is 2.72 bits per heavy atom. The summed E-state index contributed by atoms with van der Waals surface area (Å²) in [7, 11) is -2.03. The maximum atomic E-state index is 14.3. The molecule has 96 valence electrons. The third-order valence-electron chi connectivity index (χ3n) is 2.94. The molecular formula is C13H15ClFNOSi. The van der Waals surface area contributed by atoms with Crippen molar-refractivity contribution in [2.24, 2.45) is 0 Å². The van der Waals surface area contributed by atoms with Gasteiger partial charge in [-0.1, -0.05) is 17.7 Å². The van der Waals surface area contributed by atoms with Gasteiger partial charge in [0.15, 0.2) is 8.32 Å². The normalized spacial score (nSPS) is 26.8. The van der Waals surface area contributed by atoms with Crippen LogP contribution in [0.15, 0.2) is 18.2 Å². The molecule has 0 N–H and O–H groups in total. The lowest BCUT2D eigenvalue weighted by molar-refractivity contribution is 0.0413. The first-order chi connectivity index (χ1) is 8.28. The molecule has 2 rings (SSSR count). The summed E-state index contributed by atoms with van der Waals surface area (Å²) in [5, 5.41) is 10.00. The van der Waals surface area contributed by atoms with Crippen LogP contribution < -0.4 is 0 Å². The number of alkyl halides is 1. The van der Waals surface area contributed by atoms with Crippen molar-refractivity contribution in [3.05, 3.63) is 34.3 Å². The summed E-state index contributed by atoms with van der Waals surface area (Å²) in [5.41, 5.74) is -0.0520. The maximum Gasteiger partial charge on any atom is 0.202 e. The number of rotatable bonds is 2. The van der Waals surface area contributed by atoms with Gasteiger partial charge in [-0.15, -0.1) is 0 Å². The fourth-order valence-electron chi connectivity index (χ4n) is 2.35. The van der Waals surface area contributed by atoms with Gasteiger partial charge in [-0.3, -0.25) is 0 Å². The zero-order valence-corrected chi connectivity index (χ0v) is 12.4. The molecule has 0 fully saturated rings. The van der Waals surface area contributed by atoms with Crippen LogP contribution in [-0.2, 0) is 16.4 Å². The van der Waals surface area contributed by atoms with Gasteiger partial charge in [0.25, 0.3) is 0 Å². The van der Waals surface area contributed by atoms with Crippen LogP contribution in [0.5, 0.6) is 0 Å². The Labute approximate surface area is 112 Å². The number of nitrogens with zero attached hydrogens (tertiary/aromatic N) is 1. The van der Waals surface area contributed by atoms with Crippen LogP contribution in [-0.4, -0.2) is 14.5 Å². The van der Waals surface area contributed by atoms with E-state index in [2.05, 4.69) is 6.07 Å². The van der Waals surface area contributed by atoms with Gasteiger partial charge < -0.3 is 4.43 Å². The summed E-state index contributed by atoms with van der Waals surface area (Å²) in [6.45, 7) is 5.85. The summed E-state index contributed by atoms with van der Waals surface area (Å²) in [6, 6.07) is 7.16. The molecule has 2 nitrogen and oxygen atoms in total. The van der Waals surface area contributed by atoms with E-state index in [9.17, 15) is 9.65 Å². The average molecular weight is 284 g/mol. The smallest absolute Gasteiger partial charge is 0.202 e. The van der Waals surface area contributed by atoms with E-state index in [-0.39, 0.29) is 6.42 Å². The molecule has 18 heavy (non-hydrogen) atoms. The zero-order chi connectivity index (χ0) is 13.6. The number of hydrogen-bond acceptors (Lipinski definition) is 2. The van der Waals surface area contributed by atoms with Gasteiger partial charge in [-0.05, 0) is 37.3 Å². The lowest BCUT2D eigenvalue weighted by atomic mass is 9.97. The number of benzene rings is 1. The minimum atomic E-state index is -2.03. The molecule has 2 atom stereocenters. The predicted octanol–water partition coefficient (Wildman–Crippen LogP) is 3.80. The van der Waals surface area contributed by atoms with Crippen molar-refractivity contribution >= 4 is 19.9 Å². The largest absolute Gasteiger partial charge is 0.394 e. The van der Waals surface area contributed by atoms with Crippen LogP contribution in [0.25, 0.3) is 0 Å². The highest BCUT2D eigenvalue weighted by Crippen LogP contribution is 2.44. The number of fused-ring (bicyclic) bond motifs is 1. The topological polar surface area (TPSA) is 33.0 Å². The predicted molar refractivity (Wildman–Crippen MR) is 71.8 cm³/mol. The monoisotopic (exact) mass is 283 g/mol. The maximum absolute atomic E-state index is 14.3. The van der Waals surface area contributed by atoms with Crippen molar-refractivity contribution in [3.8, 4) is 6.07 Å². The fourth-order valence-corrected chi connectivity index (χ4v) is 3.80. The van der Waals surface area contributed by atoms with E-state index >= 15 is 0 Å². The number of hydrogen-bond donors (Lipinski definition) is 0. The first-order valence-corrected chi connectivity index (χ1v) is 9.61. The minimum absolute atomic E-state index is 0.188. The molecule has 0 aromatic heterocycles. The lowest BCUT2D eigenvalue weighted by Crippen LogP contribution is -2.43. The quantitative estimate of drug-likeness (QED) is 0.774. The van der Waals surface area contributed by atoms with Crippen molar-refractivity contribution in [2.45, 2.75) is 37.8 Å². The molecule has 0 unspecified atom stereocenters. The number of halogens is 2. The Kier molecular flexibility index (Phi) is 3.26. The van der Waals surface area contributed by atoms with Crippen LogP contribution in [0.3, 0.4) is 0 Å². The average Bonchev–Trinajstić information content (AvgIpc) is 2.49. The third-order valence-corrected chi connectivity index (χ3v) is 4.11. The molecule has 0 amide bonds. The first kappa shape index (κ1) is 13.5. The summed E-state index contributed by atoms with van der Waals surface area (Å²) in [4.78, 5) is 0. The van der Waals surface area contributed by atoms with Crippen LogP contribution in [0, 0.1) is 11.3 Å². The Bertz CT molecular complexity index is 523. The van der Waals surface area contributed by atoms with Gasteiger partial charge in [0.05, 0.1) is 0 Å². The summed E-state index contributed by atoms with van der Waals surface area (Å²) < 4.78 is 20.2. The van der Waals surface area contributed by atoms with Crippen molar-refractivity contribution < 1.29 is 8.82 Å². The molecule has 1 aliphatic rings. The van der Waals surface area contributed by atoms with Crippen LogP contribution in [0.1, 0.15) is 11.1 Å². The van der Waals surface area contributed by atoms with E-state index in [0.717, 1.165) is 5.56 Å². The molecule has 0 radical (unpaired) electrons. The molecular weight excluding hydrogens is 269 g/mol. The molecule has 5 heteroatoms. The fraction of sp³-hybridized carbons (Fsp3) is 0.462. The molecule has 1 aliphatic carbocycles. The van der Waals surface area contributed by atoms with Crippen molar-refractivity contribution in [1.29, 1.82) is 5.26 Å². The van der Waals surface area contributed by atoms with E-state index < -0.39 is 20.1 Å². The van der Waals surface area contributed by atoms with E-state index in [0.29, 0.717) is 10.6 Å². The summed E-state index contributed by atoms with van der Waals surface area (Å²) >= 11 is 5.90. The molecule has 0 saturated heterocycles. The highest BCUT2D eigenvalue weighted by molar-refractivity contribution is 6.69. The second-order valence-electron chi connectivity index (χ2n) is 5.54. The Morgan fingerprint density at radius 2 is 2.17 bits per heavy atom. The first-order valence-electron chi connectivity index (χ1n) is 5.83. The van der Waals surface area contributed by atoms with Crippen molar-refractivity contribution in [2.75, 3.05) is 0 Å². The standard InChI is InChI=1S/C13H15ClFNOSi/c1-18(2,3)17-13(8-16)11-5-4-10(14)6-9(11)7-12(13)15/h4-6,12H,7H2,1-3H3/t12-,13-/m0/s1. The van der Waals surface area contributed by atoms with Crippen LogP contribution in [0.4, 0.5) is 4.39 Å². The highest BCUT2D eigenvalue weighted by Gasteiger charge is 2.51. The Balaban J connectivity index is 2.54. The molecule has 0 saturated carbocycles. The van der Waals surface area contributed by atoms with Gasteiger partial charge in [0.2, 0.25) is 5.60 Å². The van der Waals surface area contributed by atoms with E-state index in [1.165, 1.54) is 0 Å². The van der Waals surface area contributed by atoms with Crippen LogP contribution in [0.2, 0.25) is 24.7 Å². The molecule has 0 aliphatic heterocycles. The van der Waals surface area contributed by atoms with Crippen molar-refractivity contribution in [1.82, 2.24) is 0 Å². The van der Waals surface area contributed by atoms with Gasteiger partial charge >= 0.3 is 0 Å². The third kappa shape index (κ3) is 2.18. The van der Waals surface area contributed by atoms with Gasteiger partial charge in [-0.25, -0.2) is 4.39 Å². The van der Waals surface area contributed by atoms with E-state index in [1.807, 2.05) is 19.6 Å². The Hall–Kier alpha value is -0.893. The number of nitriles is 1. The Morgan fingerprint density at radius 1 is 1.50 bits per heavy atom. The molecule has 0 heterocycles. The second-order valence-corrected chi connectivity index (χ2v) is 10.4. The lowest BCUT2D eigenvalue weighted by Gasteiger charge is -2.32. The van der Waals surface area contributed by atoms with E-state index in [1.54, 1.807) is 18.2 Å². The molecule has 1 aromatic carbocycles. The molecule has 0 spiro atoms. The SMILES string of the molecule is C[Si](C)(C)O[C@@]1(C#N)c2ccc(Cl)cc2C[C@@H]1F. The van der Waals surface area contributed by atoms with Gasteiger partial charge in [0, 0.05) is 17.0 Å². The summed E-state index contributed by atoms with van der Waals surface area (Å²) in [6.07, 6.45) is -1.14. The van der Waals surface area contributed by atoms with Gasteiger partial charge in [0.1, 0.15) is 12.2 Å². The highest BCUT2D eigenvalue weighted by atomic mass is 35.5.